The monoisotopic (exact) mass is 159 g/mol. The molecule has 1 N–H and O–H groups in total. The Kier molecular flexibility index (Phi) is 9.96. The van der Waals surface area contributed by atoms with Gasteiger partial charge < -0.3 is 4.16 Å². The summed E-state index contributed by atoms with van der Waals surface area (Å²) in [7, 11) is 0. The maximum absolute atomic E-state index is 9.34. The Morgan fingerprint density at radius 2 is 1.20 bits per heavy atom. The maximum Gasteiger partial charge on any atom is 0.463 e. The van der Waals surface area contributed by atoms with E-state index in [0.29, 0.717) is 9.56 Å². The van der Waals surface area contributed by atoms with E-state index in [1.807, 2.05) is 0 Å². The highest BCUT2D eigenvalue weighted by Gasteiger charge is 2.23. The van der Waals surface area contributed by atoms with Gasteiger partial charge in [-0.3, -0.25) is 0 Å². The van der Waals surface area contributed by atoms with Crippen LogP contribution >= 0.6 is 0 Å². The molecular formula is C8H20AlO. The van der Waals surface area contributed by atoms with Crippen LogP contribution in [0.25, 0.3) is 0 Å². The molecule has 0 aliphatic carbocycles. The fourth-order valence-corrected chi connectivity index (χ4v) is 2.31. The van der Waals surface area contributed by atoms with Crippen LogP contribution < -0.4 is 0 Å². The predicted molar refractivity (Wildman–Crippen MR) is 49.2 cm³/mol. The van der Waals surface area contributed by atoms with E-state index in [4.69, 9.17) is 0 Å². The molecule has 10 heavy (non-hydrogen) atoms. The van der Waals surface area contributed by atoms with Gasteiger partial charge in [-0.15, -0.1) is 0 Å². The van der Waals surface area contributed by atoms with Gasteiger partial charge in [-0.2, -0.15) is 0 Å². The number of rotatable bonds is 2. The van der Waals surface area contributed by atoms with Crippen molar-refractivity contribution < 1.29 is 4.16 Å². The van der Waals surface area contributed by atoms with Gasteiger partial charge in [0.05, 0.1) is 0 Å². The topological polar surface area (TPSA) is 20.2 Å². The SMILES string of the molecule is C[CH](C)[Al]([OH])[CH](C)C.[CH2]C. The van der Waals surface area contributed by atoms with Crippen LogP contribution in [0.5, 0.6) is 0 Å². The summed E-state index contributed by atoms with van der Waals surface area (Å²) in [4.78, 5) is 0. The van der Waals surface area contributed by atoms with Gasteiger partial charge in [-0.1, -0.05) is 51.1 Å². The van der Waals surface area contributed by atoms with E-state index in [9.17, 15) is 4.16 Å². The second kappa shape index (κ2) is 7.60. The average molecular weight is 159 g/mol. The molecular weight excluding hydrogens is 139 g/mol. The van der Waals surface area contributed by atoms with Gasteiger partial charge in [0.25, 0.3) is 0 Å². The molecule has 0 saturated carbocycles. The van der Waals surface area contributed by atoms with Crippen molar-refractivity contribution >= 4 is 14.5 Å². The normalized spacial score (nSPS) is 9.30. The van der Waals surface area contributed by atoms with Crippen LogP contribution in [0.2, 0.25) is 9.56 Å². The van der Waals surface area contributed by atoms with Crippen molar-refractivity contribution in [3.63, 3.8) is 0 Å². The van der Waals surface area contributed by atoms with Gasteiger partial charge in [-0.05, 0) is 0 Å². The summed E-state index contributed by atoms with van der Waals surface area (Å²) in [6.07, 6.45) is 0. The van der Waals surface area contributed by atoms with Gasteiger partial charge in [0.2, 0.25) is 0 Å². The number of hydrogen-bond donors (Lipinski definition) is 1. The Labute approximate surface area is 70.2 Å². The molecule has 61 valence electrons. The summed E-state index contributed by atoms with van der Waals surface area (Å²) in [5.74, 6) is 0. The summed E-state index contributed by atoms with van der Waals surface area (Å²) < 4.78 is 10.4. The molecule has 0 saturated heterocycles. The third-order valence-corrected chi connectivity index (χ3v) is 4.10. The van der Waals surface area contributed by atoms with Crippen molar-refractivity contribution in [1.29, 1.82) is 0 Å². The molecule has 0 aromatic heterocycles. The van der Waals surface area contributed by atoms with Crippen molar-refractivity contribution in [1.82, 2.24) is 0 Å². The van der Waals surface area contributed by atoms with E-state index in [2.05, 4.69) is 34.6 Å². The third kappa shape index (κ3) is 6.61. The van der Waals surface area contributed by atoms with Gasteiger partial charge in [0.1, 0.15) is 0 Å². The fourth-order valence-electron chi connectivity index (χ4n) is 0.770. The molecule has 0 atom stereocenters. The summed E-state index contributed by atoms with van der Waals surface area (Å²) in [6, 6.07) is 0. The second-order valence-corrected chi connectivity index (χ2v) is 6.63. The minimum Gasteiger partial charge on any atom is -0.515 e. The first-order chi connectivity index (χ1) is 4.55. The molecule has 0 aromatic rings. The molecule has 0 rings (SSSR count). The Morgan fingerprint density at radius 3 is 1.20 bits per heavy atom. The summed E-state index contributed by atoms with van der Waals surface area (Å²) >= 11 is -1.35. The molecule has 0 fully saturated rings. The lowest BCUT2D eigenvalue weighted by atomic mass is 10.5. The van der Waals surface area contributed by atoms with Crippen LogP contribution in [0.3, 0.4) is 0 Å². The fraction of sp³-hybridized carbons (Fsp3) is 0.875. The summed E-state index contributed by atoms with van der Waals surface area (Å²) in [6.45, 7) is 13.4. The molecule has 0 heterocycles. The molecule has 1 nitrogen and oxygen atoms in total. The molecule has 0 aliphatic heterocycles. The largest absolute Gasteiger partial charge is 0.515 e. The zero-order chi connectivity index (χ0) is 8.73. The maximum atomic E-state index is 9.34. The van der Waals surface area contributed by atoms with E-state index in [1.165, 1.54) is 0 Å². The van der Waals surface area contributed by atoms with Crippen LogP contribution in [0.4, 0.5) is 0 Å². The van der Waals surface area contributed by atoms with Crippen molar-refractivity contribution in [2.45, 2.75) is 44.2 Å². The Morgan fingerprint density at radius 1 is 1.00 bits per heavy atom. The molecule has 0 amide bonds. The van der Waals surface area contributed by atoms with Crippen LogP contribution in [0, 0.1) is 6.92 Å². The highest BCUT2D eigenvalue weighted by Crippen LogP contribution is 2.16. The molecule has 0 bridgehead atoms. The lowest BCUT2D eigenvalue weighted by Crippen LogP contribution is -2.19. The smallest absolute Gasteiger partial charge is 0.463 e. The minimum atomic E-state index is -1.35. The van der Waals surface area contributed by atoms with Crippen molar-refractivity contribution in [3.8, 4) is 0 Å². The van der Waals surface area contributed by atoms with Gasteiger partial charge in [0.15, 0.2) is 0 Å². The quantitative estimate of drug-likeness (QED) is 0.614. The number of hydrogen-bond acceptors (Lipinski definition) is 1. The molecule has 1 radical (unpaired) electrons. The first kappa shape index (κ1) is 13.1. The van der Waals surface area contributed by atoms with Crippen LogP contribution in [0.15, 0.2) is 0 Å². The zero-order valence-corrected chi connectivity index (χ0v) is 9.04. The van der Waals surface area contributed by atoms with Crippen molar-refractivity contribution in [2.75, 3.05) is 0 Å². The average Bonchev–Trinajstić information content (AvgIpc) is 1.90. The van der Waals surface area contributed by atoms with Crippen LogP contribution in [-0.4, -0.2) is 18.6 Å². The lowest BCUT2D eigenvalue weighted by molar-refractivity contribution is 0.536. The second-order valence-electron chi connectivity index (χ2n) is 2.98. The first-order valence-corrected chi connectivity index (χ1v) is 5.79. The first-order valence-electron chi connectivity index (χ1n) is 3.94. The van der Waals surface area contributed by atoms with Gasteiger partial charge in [-0.25, -0.2) is 0 Å². The highest BCUT2D eigenvalue weighted by atomic mass is 27.2. The standard InChI is InChI=1S/2C3H7.C2H5.Al.H2O/c2*1-3-2;1-2;;/h2*3H,1-2H3;1H2,2H3;;1H2/q;;;+1;/p-1. The minimum absolute atomic E-state index is 0.537. The highest BCUT2D eigenvalue weighted by molar-refractivity contribution is 6.53. The van der Waals surface area contributed by atoms with Crippen molar-refractivity contribution in [2.24, 2.45) is 0 Å². The Balaban J connectivity index is 0. The Hall–Kier alpha value is 0.492. The third-order valence-electron chi connectivity index (χ3n) is 1.37. The van der Waals surface area contributed by atoms with E-state index in [1.54, 1.807) is 6.92 Å². The van der Waals surface area contributed by atoms with E-state index in [0.717, 1.165) is 0 Å². The van der Waals surface area contributed by atoms with Crippen LogP contribution in [0.1, 0.15) is 34.6 Å². The predicted octanol–water partition coefficient (Wildman–Crippen LogP) is 2.63. The summed E-state index contributed by atoms with van der Waals surface area (Å²) in [5.41, 5.74) is 0. The summed E-state index contributed by atoms with van der Waals surface area (Å²) in [5, 5.41) is 0. The molecule has 0 spiro atoms. The van der Waals surface area contributed by atoms with E-state index in [-0.39, 0.29) is 0 Å². The van der Waals surface area contributed by atoms with Crippen LogP contribution in [-0.2, 0) is 0 Å². The Bertz CT molecular complexity index is 54.3. The zero-order valence-electron chi connectivity index (χ0n) is 7.89. The van der Waals surface area contributed by atoms with E-state index >= 15 is 0 Å². The molecule has 0 aliphatic rings. The van der Waals surface area contributed by atoms with Gasteiger partial charge in [0, 0.05) is 0 Å². The lowest BCUT2D eigenvalue weighted by Gasteiger charge is -2.09. The van der Waals surface area contributed by atoms with Gasteiger partial charge >= 0.3 is 14.5 Å². The molecule has 2 heteroatoms. The molecule has 0 unspecified atom stereocenters. The van der Waals surface area contributed by atoms with E-state index < -0.39 is 14.5 Å². The molecule has 0 aromatic carbocycles. The van der Waals surface area contributed by atoms with Crippen molar-refractivity contribution in [3.05, 3.63) is 6.92 Å².